The van der Waals surface area contributed by atoms with E-state index in [4.69, 9.17) is 4.98 Å². The fraction of sp³-hybridized carbons (Fsp3) is 0.357. The summed E-state index contributed by atoms with van der Waals surface area (Å²) in [5.74, 6) is 0. The van der Waals surface area contributed by atoms with Gasteiger partial charge in [-0.15, -0.1) is 11.3 Å². The van der Waals surface area contributed by atoms with Gasteiger partial charge in [0, 0.05) is 5.33 Å². The zero-order chi connectivity index (χ0) is 28.8. The number of nitrogens with zero attached hydrogens (tertiary/aromatic N) is 2. The lowest BCUT2D eigenvalue weighted by Gasteiger charge is -2.09. The topological polar surface area (TPSA) is 134 Å². The van der Waals surface area contributed by atoms with Crippen molar-refractivity contribution in [2.45, 2.75) is 67.6 Å². The molecule has 0 saturated carbocycles. The molecule has 0 unspecified atom stereocenters. The Morgan fingerprint density at radius 3 is 2.15 bits per heavy atom. The number of halogens is 1. The molecule has 1 aliphatic carbocycles. The van der Waals surface area contributed by atoms with Crippen LogP contribution >= 0.6 is 27.3 Å². The predicted molar refractivity (Wildman–Crippen MR) is 162 cm³/mol. The molecule has 4 rings (SSSR count). The number of hydrogen-bond donors (Lipinski definition) is 2. The summed E-state index contributed by atoms with van der Waals surface area (Å²) in [7, 11) is -9.29. The van der Waals surface area contributed by atoms with Crippen LogP contribution in [0.3, 0.4) is 0 Å². The summed E-state index contributed by atoms with van der Waals surface area (Å²) in [6, 6.07) is 14.1. The van der Waals surface area contributed by atoms with Crippen molar-refractivity contribution in [1.29, 1.82) is 0 Å². The third-order valence-electron chi connectivity index (χ3n) is 6.53. The molecule has 0 spiro atoms. The Morgan fingerprint density at radius 1 is 0.775 bits per heavy atom. The molecule has 1 aliphatic heterocycles. The van der Waals surface area contributed by atoms with Crippen molar-refractivity contribution in [3.8, 4) is 10.6 Å². The second-order valence-electron chi connectivity index (χ2n) is 9.63. The van der Waals surface area contributed by atoms with E-state index in [1.54, 1.807) is 18.2 Å². The molecular weight excluding hydrogens is 636 g/mol. The van der Waals surface area contributed by atoms with Gasteiger partial charge in [-0.2, -0.15) is 16.8 Å². The molecular formula is C28H31BrN2O6S3. The van der Waals surface area contributed by atoms with Crippen molar-refractivity contribution in [2.24, 2.45) is 4.99 Å². The Hall–Kier alpha value is -2.22. The van der Waals surface area contributed by atoms with E-state index in [2.05, 4.69) is 39.1 Å². The van der Waals surface area contributed by atoms with Gasteiger partial charge in [0.05, 0.1) is 36.7 Å². The number of alkyl halides is 1. The van der Waals surface area contributed by atoms with Crippen LogP contribution in [-0.4, -0.2) is 36.3 Å². The Balaban J connectivity index is 1.52. The lowest BCUT2D eigenvalue weighted by Crippen LogP contribution is -2.05. The van der Waals surface area contributed by atoms with Crippen LogP contribution in [0.25, 0.3) is 20.8 Å². The molecule has 2 N–H and O–H groups in total. The summed E-state index contributed by atoms with van der Waals surface area (Å²) in [4.78, 5) is 8.76. The van der Waals surface area contributed by atoms with Gasteiger partial charge in [-0.25, -0.2) is 9.98 Å². The number of fused-ring (bicyclic) bond motifs is 2. The Bertz CT molecular complexity index is 1740. The van der Waals surface area contributed by atoms with E-state index < -0.39 is 30.0 Å². The van der Waals surface area contributed by atoms with Gasteiger partial charge in [-0.3, -0.25) is 9.11 Å². The molecule has 8 nitrogen and oxygen atoms in total. The fourth-order valence-corrected chi connectivity index (χ4v) is 6.96. The van der Waals surface area contributed by atoms with Crippen molar-refractivity contribution in [3.63, 3.8) is 0 Å². The summed E-state index contributed by atoms with van der Waals surface area (Å²) >= 11 is 4.99. The summed E-state index contributed by atoms with van der Waals surface area (Å²) in [5.41, 5.74) is 2.60. The van der Waals surface area contributed by atoms with E-state index >= 15 is 0 Å². The van der Waals surface area contributed by atoms with Crippen molar-refractivity contribution in [2.75, 3.05) is 5.33 Å². The average Bonchev–Trinajstić information content (AvgIpc) is 2.90. The molecule has 0 saturated heterocycles. The van der Waals surface area contributed by atoms with Gasteiger partial charge in [0.25, 0.3) is 20.2 Å². The zero-order valence-corrected chi connectivity index (χ0v) is 25.8. The molecule has 0 atom stereocenters. The highest BCUT2D eigenvalue weighted by Crippen LogP contribution is 2.31. The van der Waals surface area contributed by atoms with Crippen molar-refractivity contribution >= 4 is 63.4 Å². The molecule has 2 aromatic carbocycles. The highest BCUT2D eigenvalue weighted by atomic mass is 79.9. The number of aromatic nitrogens is 1. The smallest absolute Gasteiger partial charge is 0.282 e. The Kier molecular flexibility index (Phi) is 10.5. The zero-order valence-electron chi connectivity index (χ0n) is 21.8. The molecule has 12 heteroatoms. The normalized spacial score (nSPS) is 12.9. The van der Waals surface area contributed by atoms with E-state index in [1.165, 1.54) is 61.8 Å². The quantitative estimate of drug-likeness (QED) is 0.0668. The second-order valence-corrected chi connectivity index (χ2v) is 14.3. The monoisotopic (exact) mass is 666 g/mol. The number of benzene rings is 3. The van der Waals surface area contributed by atoms with Gasteiger partial charge < -0.3 is 0 Å². The van der Waals surface area contributed by atoms with Crippen LogP contribution < -0.4 is 5.36 Å². The largest absolute Gasteiger partial charge is 0.296 e. The number of rotatable bonds is 13. The summed E-state index contributed by atoms with van der Waals surface area (Å²) in [6.45, 7) is 0. The van der Waals surface area contributed by atoms with Crippen LogP contribution in [0.15, 0.2) is 69.4 Å². The van der Waals surface area contributed by atoms with Crippen LogP contribution in [0, 0.1) is 0 Å². The first-order valence-electron chi connectivity index (χ1n) is 13.1. The van der Waals surface area contributed by atoms with Gasteiger partial charge in [-0.05, 0) is 73.4 Å². The first kappa shape index (κ1) is 30.7. The molecule has 1 heterocycles. The average molecular weight is 668 g/mol. The molecule has 0 radical (unpaired) electrons. The fourth-order valence-electron chi connectivity index (χ4n) is 4.47. The van der Waals surface area contributed by atoms with E-state index in [1.807, 2.05) is 0 Å². The first-order valence-corrected chi connectivity index (χ1v) is 17.9. The standard InChI is InChI=1S/C28H31BrN2O6S3/c29-16-8-6-4-2-1-3-5-7-9-20-10-14-26-24(17-20)31-23-13-11-21(18-27(23)38-26)30-25-19-22(39(32,33)34)12-15-28(25)40(35,36)37/h10-15,17-19H,1-9,16H2,(H,32,33,34)(H,35,36,37)/b30-21+. The molecule has 2 aromatic rings. The van der Waals surface area contributed by atoms with Crippen LogP contribution in [0.1, 0.15) is 56.9 Å². The summed E-state index contributed by atoms with van der Waals surface area (Å²) in [5, 5.41) is 1.43. The third kappa shape index (κ3) is 8.40. The van der Waals surface area contributed by atoms with E-state index in [0.717, 1.165) is 57.2 Å². The highest BCUT2D eigenvalue weighted by molar-refractivity contribution is 9.09. The van der Waals surface area contributed by atoms with Gasteiger partial charge in [0.15, 0.2) is 0 Å². The maximum Gasteiger partial charge on any atom is 0.296 e. The Labute approximate surface area is 247 Å². The molecule has 214 valence electrons. The van der Waals surface area contributed by atoms with E-state index in [0.29, 0.717) is 5.36 Å². The molecule has 0 fully saturated rings. The van der Waals surface area contributed by atoms with Crippen LogP contribution in [0.2, 0.25) is 0 Å². The van der Waals surface area contributed by atoms with Crippen molar-refractivity contribution in [1.82, 2.24) is 4.98 Å². The van der Waals surface area contributed by atoms with Crippen LogP contribution in [-0.2, 0) is 26.7 Å². The lowest BCUT2D eigenvalue weighted by molar-refractivity contribution is 0.478. The minimum Gasteiger partial charge on any atom is -0.282 e. The Morgan fingerprint density at radius 2 is 1.48 bits per heavy atom. The minimum atomic E-state index is -4.69. The SMILES string of the molecule is O=S(=O)(O)c1ccc(S(=O)(=O)O)c(/N=c2\ccc3nc4cc(CCCCCCCCCCBr)ccc4sc-3c2)c1. The first-order chi connectivity index (χ1) is 19.0. The third-order valence-corrected chi connectivity index (χ3v) is 9.96. The number of aryl methyl sites for hydroxylation is 1. The van der Waals surface area contributed by atoms with Crippen LogP contribution in [0.5, 0.6) is 0 Å². The number of unbranched alkanes of at least 4 members (excludes halogenated alkanes) is 7. The summed E-state index contributed by atoms with van der Waals surface area (Å²) in [6.07, 6.45) is 11.2. The van der Waals surface area contributed by atoms with Crippen molar-refractivity contribution in [3.05, 3.63) is 65.5 Å². The maximum absolute atomic E-state index is 11.8. The molecule has 0 amide bonds. The summed E-state index contributed by atoms with van der Waals surface area (Å²) < 4.78 is 66.7. The second kappa shape index (κ2) is 13.6. The number of hydrogen-bond acceptors (Lipinski definition) is 7. The molecule has 40 heavy (non-hydrogen) atoms. The molecule has 2 aliphatic rings. The minimum absolute atomic E-state index is 0.310. The van der Waals surface area contributed by atoms with Gasteiger partial charge in [0.2, 0.25) is 0 Å². The van der Waals surface area contributed by atoms with E-state index in [9.17, 15) is 25.9 Å². The van der Waals surface area contributed by atoms with Gasteiger partial charge in [-0.1, -0.05) is 60.5 Å². The van der Waals surface area contributed by atoms with Gasteiger partial charge >= 0.3 is 0 Å². The molecule has 0 bridgehead atoms. The van der Waals surface area contributed by atoms with Crippen LogP contribution in [0.4, 0.5) is 5.69 Å². The maximum atomic E-state index is 11.8. The predicted octanol–water partition coefficient (Wildman–Crippen LogP) is 7.19. The van der Waals surface area contributed by atoms with E-state index in [-0.39, 0.29) is 5.69 Å². The lowest BCUT2D eigenvalue weighted by atomic mass is 10.0. The highest BCUT2D eigenvalue weighted by Gasteiger charge is 2.19. The van der Waals surface area contributed by atoms with Crippen molar-refractivity contribution < 1.29 is 25.9 Å². The molecule has 0 aromatic heterocycles. The van der Waals surface area contributed by atoms with Gasteiger partial charge in [0.1, 0.15) is 4.90 Å².